The number of aromatic nitrogens is 1. The van der Waals surface area contributed by atoms with E-state index in [9.17, 15) is 9.90 Å². The van der Waals surface area contributed by atoms with Crippen molar-refractivity contribution in [2.45, 2.75) is 6.92 Å². The normalized spacial score (nSPS) is 10.7. The summed E-state index contributed by atoms with van der Waals surface area (Å²) in [5, 5.41) is 14.0. The fourth-order valence-corrected chi connectivity index (χ4v) is 3.45. The third-order valence-electron chi connectivity index (χ3n) is 4.85. The van der Waals surface area contributed by atoms with Crippen LogP contribution in [0.25, 0.3) is 22.0 Å². The van der Waals surface area contributed by atoms with Gasteiger partial charge in [-0.05, 0) is 49.0 Å². The number of nitrogens with one attached hydrogen (secondary N) is 1. The van der Waals surface area contributed by atoms with Gasteiger partial charge in [-0.15, -0.1) is 0 Å². The molecule has 5 nitrogen and oxygen atoms in total. The lowest BCUT2D eigenvalue weighted by Crippen LogP contribution is -2.01. The summed E-state index contributed by atoms with van der Waals surface area (Å²) in [6.45, 7) is 5.72. The highest BCUT2D eigenvalue weighted by atomic mass is 16.4. The van der Waals surface area contributed by atoms with E-state index in [2.05, 4.69) is 22.0 Å². The molecule has 0 aliphatic heterocycles. The summed E-state index contributed by atoms with van der Waals surface area (Å²) in [5.74, 6) is -1.01. The lowest BCUT2D eigenvalue weighted by Gasteiger charge is -2.17. The third-order valence-corrected chi connectivity index (χ3v) is 4.85. The topological polar surface area (TPSA) is 74.6 Å². The van der Waals surface area contributed by atoms with E-state index in [0.717, 1.165) is 27.7 Å². The van der Waals surface area contributed by atoms with E-state index in [1.165, 1.54) is 0 Å². The molecule has 0 radical (unpaired) electrons. The standard InChI is InChI=1S/C24H19N3O2/c1-15-7-3-4-10-18(15)19-13-17(24(28)29)14-21(23(19)25-2)27-20-11-5-8-16-9-6-12-26-22(16)20/h3-14,27H,2H2,1H3,(H,28,29). The Bertz CT molecular complexity index is 1240. The number of hydrogen-bond donors (Lipinski definition) is 2. The van der Waals surface area contributed by atoms with Gasteiger partial charge in [0.15, 0.2) is 0 Å². The van der Waals surface area contributed by atoms with Gasteiger partial charge in [0.1, 0.15) is 0 Å². The maximum Gasteiger partial charge on any atom is 0.335 e. The van der Waals surface area contributed by atoms with Gasteiger partial charge < -0.3 is 10.4 Å². The average Bonchev–Trinajstić information content (AvgIpc) is 2.74. The van der Waals surface area contributed by atoms with E-state index in [4.69, 9.17) is 0 Å². The molecule has 0 aliphatic carbocycles. The van der Waals surface area contributed by atoms with Crippen molar-refractivity contribution in [3.8, 4) is 11.1 Å². The van der Waals surface area contributed by atoms with Crippen LogP contribution in [0.1, 0.15) is 15.9 Å². The number of benzene rings is 3. The van der Waals surface area contributed by atoms with Gasteiger partial charge in [0.05, 0.1) is 28.1 Å². The average molecular weight is 381 g/mol. The maximum absolute atomic E-state index is 11.8. The smallest absolute Gasteiger partial charge is 0.335 e. The Balaban J connectivity index is 1.94. The number of aryl methyl sites for hydroxylation is 1. The van der Waals surface area contributed by atoms with Crippen molar-refractivity contribution in [2.24, 2.45) is 4.99 Å². The molecule has 1 aromatic heterocycles. The van der Waals surface area contributed by atoms with E-state index in [1.54, 1.807) is 18.3 Å². The number of fused-ring (bicyclic) bond motifs is 1. The van der Waals surface area contributed by atoms with Crippen LogP contribution in [0.15, 0.2) is 77.9 Å². The van der Waals surface area contributed by atoms with Gasteiger partial charge in [-0.1, -0.05) is 42.5 Å². The summed E-state index contributed by atoms with van der Waals surface area (Å²) >= 11 is 0. The predicted molar refractivity (Wildman–Crippen MR) is 118 cm³/mol. The van der Waals surface area contributed by atoms with Gasteiger partial charge in [0, 0.05) is 17.1 Å². The molecule has 4 aromatic rings. The Labute approximate surface area is 168 Å². The van der Waals surface area contributed by atoms with E-state index in [1.807, 2.05) is 61.5 Å². The van der Waals surface area contributed by atoms with Gasteiger partial charge in [-0.3, -0.25) is 9.98 Å². The molecule has 0 bridgehead atoms. The second-order valence-corrected chi connectivity index (χ2v) is 6.70. The van der Waals surface area contributed by atoms with Crippen molar-refractivity contribution in [2.75, 3.05) is 5.32 Å². The first-order valence-corrected chi connectivity index (χ1v) is 9.13. The monoisotopic (exact) mass is 381 g/mol. The van der Waals surface area contributed by atoms with Crippen molar-refractivity contribution < 1.29 is 9.90 Å². The van der Waals surface area contributed by atoms with Crippen LogP contribution < -0.4 is 5.32 Å². The first-order chi connectivity index (χ1) is 14.1. The number of aromatic carboxylic acids is 1. The molecule has 5 heteroatoms. The zero-order chi connectivity index (χ0) is 20.4. The number of hydrogen-bond acceptors (Lipinski definition) is 4. The number of anilines is 2. The van der Waals surface area contributed by atoms with Crippen LogP contribution >= 0.6 is 0 Å². The number of pyridine rings is 1. The number of para-hydroxylation sites is 1. The first kappa shape index (κ1) is 18.4. The predicted octanol–water partition coefficient (Wildman–Crippen LogP) is 5.98. The summed E-state index contributed by atoms with van der Waals surface area (Å²) in [5.41, 5.74) is 5.55. The number of carboxylic acids is 1. The number of carbonyl (C=O) groups is 1. The molecule has 4 rings (SSSR count). The van der Waals surface area contributed by atoms with Crippen molar-refractivity contribution in [1.29, 1.82) is 0 Å². The fourth-order valence-electron chi connectivity index (χ4n) is 3.45. The van der Waals surface area contributed by atoms with Crippen LogP contribution in [0, 0.1) is 6.92 Å². The lowest BCUT2D eigenvalue weighted by atomic mass is 9.96. The van der Waals surface area contributed by atoms with Crippen molar-refractivity contribution >= 4 is 40.7 Å². The number of rotatable bonds is 5. The zero-order valence-corrected chi connectivity index (χ0v) is 15.9. The highest BCUT2D eigenvalue weighted by molar-refractivity contribution is 6.00. The number of carboxylic acid groups (broad SMARTS) is 1. The quantitative estimate of drug-likeness (QED) is 0.417. The molecule has 1 heterocycles. The number of nitrogens with zero attached hydrogens (tertiary/aromatic N) is 2. The molecule has 2 N–H and O–H groups in total. The van der Waals surface area contributed by atoms with Crippen molar-refractivity contribution in [3.63, 3.8) is 0 Å². The SMILES string of the molecule is C=Nc1c(Nc2cccc3cccnc23)cc(C(=O)O)cc1-c1ccccc1C. The van der Waals surface area contributed by atoms with E-state index in [-0.39, 0.29) is 5.56 Å². The third kappa shape index (κ3) is 3.46. The Hall–Kier alpha value is -3.99. The summed E-state index contributed by atoms with van der Waals surface area (Å²) < 4.78 is 0. The minimum absolute atomic E-state index is 0.173. The summed E-state index contributed by atoms with van der Waals surface area (Å²) in [7, 11) is 0. The minimum atomic E-state index is -1.01. The van der Waals surface area contributed by atoms with Gasteiger partial charge >= 0.3 is 5.97 Å². The summed E-state index contributed by atoms with van der Waals surface area (Å²) in [4.78, 5) is 20.5. The minimum Gasteiger partial charge on any atom is -0.478 e. The maximum atomic E-state index is 11.8. The Morgan fingerprint density at radius 3 is 2.55 bits per heavy atom. The molecule has 0 amide bonds. The van der Waals surface area contributed by atoms with Gasteiger partial charge in [-0.25, -0.2) is 4.79 Å². The lowest BCUT2D eigenvalue weighted by molar-refractivity contribution is 0.0697. The van der Waals surface area contributed by atoms with Crippen LogP contribution in [-0.4, -0.2) is 22.8 Å². The van der Waals surface area contributed by atoms with Gasteiger partial charge in [0.25, 0.3) is 0 Å². The summed E-state index contributed by atoms with van der Waals surface area (Å²) in [6, 6.07) is 20.7. The number of aliphatic imine (C=N–C) groups is 1. The van der Waals surface area contributed by atoms with Crippen LogP contribution in [-0.2, 0) is 0 Å². The van der Waals surface area contributed by atoms with Gasteiger partial charge in [-0.2, -0.15) is 0 Å². The van der Waals surface area contributed by atoms with Crippen LogP contribution in [0.4, 0.5) is 17.1 Å². The largest absolute Gasteiger partial charge is 0.478 e. The molecule has 29 heavy (non-hydrogen) atoms. The second kappa shape index (κ2) is 7.56. The van der Waals surface area contributed by atoms with E-state index >= 15 is 0 Å². The molecule has 142 valence electrons. The second-order valence-electron chi connectivity index (χ2n) is 6.70. The van der Waals surface area contributed by atoms with Crippen molar-refractivity contribution in [3.05, 3.63) is 84.1 Å². The molecule has 3 aromatic carbocycles. The molecule has 0 saturated carbocycles. The summed E-state index contributed by atoms with van der Waals surface area (Å²) in [6.07, 6.45) is 1.73. The highest BCUT2D eigenvalue weighted by Gasteiger charge is 2.17. The van der Waals surface area contributed by atoms with Gasteiger partial charge in [0.2, 0.25) is 0 Å². The van der Waals surface area contributed by atoms with Crippen LogP contribution in [0.3, 0.4) is 0 Å². The molecular formula is C24H19N3O2. The molecule has 0 aliphatic rings. The molecule has 0 spiro atoms. The molecule has 0 fully saturated rings. The highest BCUT2D eigenvalue weighted by Crippen LogP contribution is 2.41. The fraction of sp³-hybridized carbons (Fsp3) is 0.0417. The Kier molecular flexibility index (Phi) is 4.79. The van der Waals surface area contributed by atoms with E-state index in [0.29, 0.717) is 16.9 Å². The molecule has 0 atom stereocenters. The van der Waals surface area contributed by atoms with Crippen LogP contribution in [0.5, 0.6) is 0 Å². The van der Waals surface area contributed by atoms with E-state index < -0.39 is 5.97 Å². The zero-order valence-electron chi connectivity index (χ0n) is 15.9. The van der Waals surface area contributed by atoms with Crippen molar-refractivity contribution in [1.82, 2.24) is 4.98 Å². The molecule has 0 unspecified atom stereocenters. The van der Waals surface area contributed by atoms with Crippen LogP contribution in [0.2, 0.25) is 0 Å². The Morgan fingerprint density at radius 1 is 1.00 bits per heavy atom. The Morgan fingerprint density at radius 2 is 1.79 bits per heavy atom. The molecule has 0 saturated heterocycles. The molecular weight excluding hydrogens is 362 g/mol. The first-order valence-electron chi connectivity index (χ1n) is 9.13.